The quantitative estimate of drug-likeness (QED) is 0.844. The van der Waals surface area contributed by atoms with Gasteiger partial charge in [-0.3, -0.25) is 0 Å². The van der Waals surface area contributed by atoms with Gasteiger partial charge < -0.3 is 15.8 Å². The van der Waals surface area contributed by atoms with Gasteiger partial charge in [0.15, 0.2) is 5.82 Å². The van der Waals surface area contributed by atoms with E-state index >= 15 is 0 Å². The van der Waals surface area contributed by atoms with Crippen LogP contribution in [0.3, 0.4) is 0 Å². The minimum Gasteiger partial charge on any atom is -0.465 e. The Morgan fingerprint density at radius 2 is 2.00 bits per heavy atom. The van der Waals surface area contributed by atoms with Crippen LogP contribution in [-0.4, -0.2) is 18.1 Å². The van der Waals surface area contributed by atoms with Crippen LogP contribution < -0.4 is 11.1 Å². The van der Waals surface area contributed by atoms with Crippen LogP contribution in [0.5, 0.6) is 0 Å². The van der Waals surface area contributed by atoms with Crippen LogP contribution in [0.15, 0.2) is 30.5 Å². The third kappa shape index (κ3) is 2.66. The fourth-order valence-electron chi connectivity index (χ4n) is 1.60. The Hall–Kier alpha value is -2.70. The van der Waals surface area contributed by atoms with Gasteiger partial charge in [-0.15, -0.1) is 0 Å². The van der Waals surface area contributed by atoms with Crippen molar-refractivity contribution in [3.05, 3.63) is 47.7 Å². The summed E-state index contributed by atoms with van der Waals surface area (Å²) < 4.78 is 31.7. The van der Waals surface area contributed by atoms with Crippen molar-refractivity contribution in [3.63, 3.8) is 0 Å². The Bertz CT molecular complexity index is 639. The molecule has 0 aliphatic carbocycles. The maximum absolute atomic E-state index is 13.7. The lowest BCUT2D eigenvalue weighted by Gasteiger charge is -2.10. The van der Waals surface area contributed by atoms with E-state index in [1.807, 2.05) is 0 Å². The highest BCUT2D eigenvalue weighted by molar-refractivity contribution is 5.90. The van der Waals surface area contributed by atoms with Gasteiger partial charge in [-0.1, -0.05) is 0 Å². The molecule has 0 saturated heterocycles. The molecule has 0 unspecified atom stereocenters. The molecule has 2 aromatic rings. The van der Waals surface area contributed by atoms with E-state index in [0.717, 1.165) is 19.2 Å². The molecule has 1 aromatic carbocycles. The lowest BCUT2D eigenvalue weighted by atomic mass is 10.1. The second-order valence-corrected chi connectivity index (χ2v) is 3.87. The Morgan fingerprint density at radius 3 is 2.55 bits per heavy atom. The number of hydrogen-bond donors (Lipinski definition) is 2. The van der Waals surface area contributed by atoms with Gasteiger partial charge in [-0.05, 0) is 24.3 Å². The number of halogens is 2. The number of nitrogens with two attached hydrogens (primary N) is 1. The molecule has 0 radical (unpaired) electrons. The average molecular weight is 279 g/mol. The van der Waals surface area contributed by atoms with E-state index in [2.05, 4.69) is 15.0 Å². The van der Waals surface area contributed by atoms with Crippen LogP contribution in [0.25, 0.3) is 0 Å². The van der Waals surface area contributed by atoms with E-state index in [-0.39, 0.29) is 11.5 Å². The third-order valence-corrected chi connectivity index (χ3v) is 2.53. The van der Waals surface area contributed by atoms with Gasteiger partial charge in [0, 0.05) is 11.9 Å². The highest BCUT2D eigenvalue weighted by atomic mass is 19.1. The molecule has 0 bridgehead atoms. The second-order valence-electron chi connectivity index (χ2n) is 3.87. The van der Waals surface area contributed by atoms with E-state index in [1.165, 1.54) is 6.20 Å². The molecule has 0 fully saturated rings. The SMILES string of the molecule is COC(=O)c1c(F)cc(Nc2ncccc2N)cc1F. The van der Waals surface area contributed by atoms with Gasteiger partial charge in [-0.25, -0.2) is 18.6 Å². The molecule has 1 heterocycles. The minimum atomic E-state index is -1.08. The van der Waals surface area contributed by atoms with E-state index < -0.39 is 23.2 Å². The molecular weight excluding hydrogens is 268 g/mol. The zero-order valence-corrected chi connectivity index (χ0v) is 10.5. The minimum absolute atomic E-state index is 0.0815. The van der Waals surface area contributed by atoms with E-state index in [1.54, 1.807) is 12.1 Å². The molecule has 20 heavy (non-hydrogen) atoms. The Balaban J connectivity index is 2.36. The van der Waals surface area contributed by atoms with Crippen LogP contribution in [0.1, 0.15) is 10.4 Å². The lowest BCUT2D eigenvalue weighted by molar-refractivity contribution is 0.0590. The fraction of sp³-hybridized carbons (Fsp3) is 0.0769. The van der Waals surface area contributed by atoms with Crippen molar-refractivity contribution < 1.29 is 18.3 Å². The predicted molar refractivity (Wildman–Crippen MR) is 69.6 cm³/mol. The summed E-state index contributed by atoms with van der Waals surface area (Å²) in [7, 11) is 1.04. The number of esters is 1. The first-order valence-corrected chi connectivity index (χ1v) is 5.57. The van der Waals surface area contributed by atoms with Crippen LogP contribution in [-0.2, 0) is 4.74 Å². The van der Waals surface area contributed by atoms with E-state index in [0.29, 0.717) is 5.69 Å². The number of carbonyl (C=O) groups is 1. The lowest BCUT2D eigenvalue weighted by Crippen LogP contribution is -2.09. The van der Waals surface area contributed by atoms with Crippen molar-refractivity contribution in [3.8, 4) is 0 Å². The molecule has 2 rings (SSSR count). The fourth-order valence-corrected chi connectivity index (χ4v) is 1.60. The average Bonchev–Trinajstić information content (AvgIpc) is 2.40. The first-order valence-electron chi connectivity index (χ1n) is 5.57. The molecule has 1 aromatic heterocycles. The Kier molecular flexibility index (Phi) is 3.79. The number of benzene rings is 1. The summed E-state index contributed by atoms with van der Waals surface area (Å²) in [6.45, 7) is 0. The van der Waals surface area contributed by atoms with Crippen molar-refractivity contribution in [2.24, 2.45) is 0 Å². The zero-order valence-electron chi connectivity index (χ0n) is 10.5. The van der Waals surface area contributed by atoms with E-state index in [4.69, 9.17) is 5.73 Å². The summed E-state index contributed by atoms with van der Waals surface area (Å²) in [5.74, 6) is -2.89. The van der Waals surface area contributed by atoms with Gasteiger partial charge in [0.1, 0.15) is 17.2 Å². The van der Waals surface area contributed by atoms with Gasteiger partial charge in [0.2, 0.25) is 0 Å². The molecule has 0 amide bonds. The first-order chi connectivity index (χ1) is 9.52. The van der Waals surface area contributed by atoms with E-state index in [9.17, 15) is 13.6 Å². The molecule has 0 spiro atoms. The highest BCUT2D eigenvalue weighted by Gasteiger charge is 2.19. The summed E-state index contributed by atoms with van der Waals surface area (Å²) >= 11 is 0. The third-order valence-electron chi connectivity index (χ3n) is 2.53. The number of pyridine rings is 1. The van der Waals surface area contributed by atoms with Crippen LogP contribution in [0, 0.1) is 11.6 Å². The number of carbonyl (C=O) groups excluding carboxylic acids is 1. The largest absolute Gasteiger partial charge is 0.465 e. The Morgan fingerprint density at radius 1 is 1.35 bits per heavy atom. The number of anilines is 3. The molecule has 7 heteroatoms. The summed E-state index contributed by atoms with van der Waals surface area (Å²) in [6, 6.07) is 5.14. The van der Waals surface area contributed by atoms with Crippen LogP contribution >= 0.6 is 0 Å². The number of aromatic nitrogens is 1. The smallest absolute Gasteiger partial charge is 0.343 e. The van der Waals surface area contributed by atoms with Gasteiger partial charge in [0.25, 0.3) is 0 Å². The summed E-state index contributed by atoms with van der Waals surface area (Å²) in [6.07, 6.45) is 1.48. The summed E-state index contributed by atoms with van der Waals surface area (Å²) in [5.41, 5.74) is 5.32. The van der Waals surface area contributed by atoms with Gasteiger partial charge in [0.05, 0.1) is 12.8 Å². The molecule has 104 valence electrons. The van der Waals surface area contributed by atoms with Crippen LogP contribution in [0.2, 0.25) is 0 Å². The predicted octanol–water partition coefficient (Wildman–Crippen LogP) is 2.47. The number of nitrogens with one attached hydrogen (secondary N) is 1. The van der Waals surface area contributed by atoms with Crippen LogP contribution in [0.4, 0.5) is 26.0 Å². The maximum Gasteiger partial charge on any atom is 0.343 e. The van der Waals surface area contributed by atoms with Gasteiger partial charge in [-0.2, -0.15) is 0 Å². The zero-order chi connectivity index (χ0) is 14.7. The first kappa shape index (κ1) is 13.7. The monoisotopic (exact) mass is 279 g/mol. The number of ether oxygens (including phenoxy) is 1. The molecule has 0 aliphatic heterocycles. The van der Waals surface area contributed by atoms with Crippen molar-refractivity contribution in [2.45, 2.75) is 0 Å². The maximum atomic E-state index is 13.7. The summed E-state index contributed by atoms with van der Waals surface area (Å²) in [4.78, 5) is 15.2. The van der Waals surface area contributed by atoms with Gasteiger partial charge >= 0.3 is 5.97 Å². The molecule has 0 atom stereocenters. The Labute approximate surface area is 113 Å². The molecule has 0 aliphatic rings. The highest BCUT2D eigenvalue weighted by Crippen LogP contribution is 2.24. The normalized spacial score (nSPS) is 10.2. The molecule has 3 N–H and O–H groups in total. The molecular formula is C13H11F2N3O2. The van der Waals surface area contributed by atoms with Crippen molar-refractivity contribution >= 4 is 23.2 Å². The molecule has 5 nitrogen and oxygen atoms in total. The topological polar surface area (TPSA) is 77.2 Å². The standard InChI is InChI=1S/C13H11F2N3O2/c1-20-13(19)11-8(14)5-7(6-9(11)15)18-12-10(16)3-2-4-17-12/h2-6H,16H2,1H3,(H,17,18). The number of hydrogen-bond acceptors (Lipinski definition) is 5. The van der Waals surface area contributed by atoms with Crippen molar-refractivity contribution in [1.29, 1.82) is 0 Å². The number of nitrogen functional groups attached to an aromatic ring is 1. The second kappa shape index (κ2) is 5.52. The molecule has 0 saturated carbocycles. The number of nitrogens with zero attached hydrogens (tertiary/aromatic N) is 1. The van der Waals surface area contributed by atoms with Crippen molar-refractivity contribution in [1.82, 2.24) is 4.98 Å². The van der Waals surface area contributed by atoms with Crippen molar-refractivity contribution in [2.75, 3.05) is 18.2 Å². The summed E-state index contributed by atoms with van der Waals surface area (Å²) in [5, 5.41) is 2.67. The number of rotatable bonds is 3. The number of methoxy groups -OCH3 is 1.